The molecular weight excluding hydrogens is 326 g/mol. The summed E-state index contributed by atoms with van der Waals surface area (Å²) in [6.45, 7) is 3.38. The summed E-state index contributed by atoms with van der Waals surface area (Å²) in [5, 5.41) is 11.0. The Hall–Kier alpha value is -2.99. The van der Waals surface area contributed by atoms with Crippen LogP contribution in [0.4, 0.5) is 5.95 Å². The first-order valence-electron chi connectivity index (χ1n) is 8.66. The van der Waals surface area contributed by atoms with Gasteiger partial charge in [-0.1, -0.05) is 67.6 Å². The molecule has 0 saturated heterocycles. The number of rotatable bonds is 7. The smallest absolute Gasteiger partial charge is 0.248 e. The molecule has 3 rings (SSSR count). The maximum absolute atomic E-state index is 13.0. The van der Waals surface area contributed by atoms with Crippen LogP contribution in [0.3, 0.4) is 0 Å². The largest absolute Gasteiger partial charge is 0.295 e. The summed E-state index contributed by atoms with van der Waals surface area (Å²) in [6.07, 6.45) is 1.63. The molecule has 0 saturated carbocycles. The molecule has 3 aromatic rings. The van der Waals surface area contributed by atoms with Gasteiger partial charge in [0, 0.05) is 0 Å². The van der Waals surface area contributed by atoms with E-state index in [1.165, 1.54) is 0 Å². The molecule has 134 valence electrons. The van der Waals surface area contributed by atoms with E-state index in [0.29, 0.717) is 12.5 Å². The molecule has 0 spiro atoms. The van der Waals surface area contributed by atoms with Crippen LogP contribution in [0.15, 0.2) is 67.0 Å². The highest BCUT2D eigenvalue weighted by atomic mass is 16.2. The van der Waals surface area contributed by atoms with Crippen molar-refractivity contribution in [1.29, 1.82) is 0 Å². The van der Waals surface area contributed by atoms with Gasteiger partial charge in [-0.25, -0.2) is 0 Å². The Morgan fingerprint density at radius 2 is 1.77 bits per heavy atom. The molecule has 1 atom stereocenters. The summed E-state index contributed by atoms with van der Waals surface area (Å²) >= 11 is 0. The van der Waals surface area contributed by atoms with E-state index >= 15 is 0 Å². The minimum absolute atomic E-state index is 0.122. The number of hydrogen-bond acceptors (Lipinski definition) is 4. The van der Waals surface area contributed by atoms with Crippen molar-refractivity contribution in [1.82, 2.24) is 19.7 Å². The topological polar surface area (TPSA) is 63.1 Å². The van der Waals surface area contributed by atoms with Gasteiger partial charge in [0.25, 0.3) is 0 Å². The molecule has 26 heavy (non-hydrogen) atoms. The summed E-state index contributed by atoms with van der Waals surface area (Å²) in [7, 11) is 1.94. The number of anilines is 1. The highest BCUT2D eigenvalue weighted by molar-refractivity contribution is 5.94. The van der Waals surface area contributed by atoms with Crippen molar-refractivity contribution in [3.05, 3.63) is 78.1 Å². The number of nitrogens with zero attached hydrogens (tertiary/aromatic N) is 4. The molecule has 0 aliphatic carbocycles. The van der Waals surface area contributed by atoms with Crippen molar-refractivity contribution in [3.8, 4) is 0 Å². The fourth-order valence-electron chi connectivity index (χ4n) is 2.85. The lowest BCUT2D eigenvalue weighted by atomic mass is 10.1. The van der Waals surface area contributed by atoms with Crippen LogP contribution >= 0.6 is 0 Å². The third-order valence-corrected chi connectivity index (χ3v) is 4.35. The van der Waals surface area contributed by atoms with Crippen molar-refractivity contribution in [2.75, 3.05) is 18.9 Å². The molecule has 1 heterocycles. The van der Waals surface area contributed by atoms with E-state index < -0.39 is 0 Å². The predicted octanol–water partition coefficient (Wildman–Crippen LogP) is 2.96. The average Bonchev–Trinajstić information content (AvgIpc) is 3.10. The van der Waals surface area contributed by atoms with Crippen LogP contribution in [0, 0.1) is 0 Å². The van der Waals surface area contributed by atoms with Crippen molar-refractivity contribution in [2.24, 2.45) is 0 Å². The van der Waals surface area contributed by atoms with Gasteiger partial charge in [-0.05, 0) is 24.7 Å². The number of carbonyl (C=O) groups is 1. The highest BCUT2D eigenvalue weighted by Gasteiger charge is 2.25. The van der Waals surface area contributed by atoms with E-state index in [9.17, 15) is 4.79 Å². The molecule has 0 aliphatic rings. The zero-order valence-electron chi connectivity index (χ0n) is 15.0. The van der Waals surface area contributed by atoms with Gasteiger partial charge >= 0.3 is 0 Å². The first kappa shape index (κ1) is 17.8. The van der Waals surface area contributed by atoms with Gasteiger partial charge in [0.2, 0.25) is 11.9 Å². The van der Waals surface area contributed by atoms with Crippen LogP contribution in [0.5, 0.6) is 0 Å². The van der Waals surface area contributed by atoms with Gasteiger partial charge in [-0.2, -0.15) is 0 Å². The minimum Gasteiger partial charge on any atom is -0.295 e. The number of hydrogen-bond donors (Lipinski definition) is 1. The lowest BCUT2D eigenvalue weighted by Gasteiger charge is -2.26. The SMILES string of the molecule is CCN(C)[C@H](C(=O)Nc1nncn1Cc1ccccc1)c1ccccc1. The number of carbonyl (C=O) groups excluding carboxylic acids is 1. The molecule has 0 radical (unpaired) electrons. The van der Waals surface area contributed by atoms with E-state index in [-0.39, 0.29) is 11.9 Å². The lowest BCUT2D eigenvalue weighted by Crippen LogP contribution is -2.35. The monoisotopic (exact) mass is 349 g/mol. The van der Waals surface area contributed by atoms with Crippen LogP contribution < -0.4 is 5.32 Å². The number of likely N-dealkylation sites (N-methyl/N-ethyl adjacent to an activating group) is 1. The first-order valence-corrected chi connectivity index (χ1v) is 8.66. The zero-order valence-corrected chi connectivity index (χ0v) is 15.0. The molecule has 0 unspecified atom stereocenters. The van der Waals surface area contributed by atoms with Crippen LogP contribution in [0.2, 0.25) is 0 Å². The first-order chi connectivity index (χ1) is 12.7. The minimum atomic E-state index is -0.386. The quantitative estimate of drug-likeness (QED) is 0.712. The third kappa shape index (κ3) is 4.15. The Kier molecular flexibility index (Phi) is 5.76. The number of nitrogens with one attached hydrogen (secondary N) is 1. The fraction of sp³-hybridized carbons (Fsp3) is 0.250. The molecule has 6 heteroatoms. The summed E-state index contributed by atoms with van der Waals surface area (Å²) in [5.41, 5.74) is 2.07. The van der Waals surface area contributed by atoms with Gasteiger partial charge < -0.3 is 0 Å². The Morgan fingerprint density at radius 1 is 1.12 bits per heavy atom. The zero-order chi connectivity index (χ0) is 18.4. The Balaban J connectivity index is 1.79. The maximum atomic E-state index is 13.0. The number of benzene rings is 2. The van der Waals surface area contributed by atoms with Gasteiger partial charge in [0.15, 0.2) is 0 Å². The Bertz CT molecular complexity index is 832. The molecule has 6 nitrogen and oxygen atoms in total. The van der Waals surface area contributed by atoms with E-state index in [0.717, 1.165) is 17.7 Å². The van der Waals surface area contributed by atoms with Gasteiger partial charge in [0.1, 0.15) is 12.4 Å². The van der Waals surface area contributed by atoms with E-state index in [4.69, 9.17) is 0 Å². The van der Waals surface area contributed by atoms with E-state index in [2.05, 4.69) is 15.5 Å². The highest BCUT2D eigenvalue weighted by Crippen LogP contribution is 2.21. The summed E-state index contributed by atoms with van der Waals surface area (Å²) in [5.74, 6) is 0.326. The van der Waals surface area contributed by atoms with E-state index in [1.54, 1.807) is 6.33 Å². The van der Waals surface area contributed by atoms with Crippen LogP contribution in [0.25, 0.3) is 0 Å². The predicted molar refractivity (Wildman–Crippen MR) is 102 cm³/mol. The normalized spacial score (nSPS) is 12.1. The maximum Gasteiger partial charge on any atom is 0.248 e. The molecule has 1 N–H and O–H groups in total. The summed E-state index contributed by atoms with van der Waals surface area (Å²) < 4.78 is 1.83. The fourth-order valence-corrected chi connectivity index (χ4v) is 2.85. The molecule has 1 aromatic heterocycles. The molecule has 0 aliphatic heterocycles. The van der Waals surface area contributed by atoms with Crippen LogP contribution in [0.1, 0.15) is 24.1 Å². The molecule has 1 amide bonds. The second-order valence-electron chi connectivity index (χ2n) is 6.14. The molecular formula is C20H23N5O. The average molecular weight is 349 g/mol. The van der Waals surface area contributed by atoms with Crippen molar-refractivity contribution >= 4 is 11.9 Å². The van der Waals surface area contributed by atoms with Gasteiger partial charge in [-0.15, -0.1) is 10.2 Å². The number of amides is 1. The lowest BCUT2D eigenvalue weighted by molar-refractivity contribution is -0.121. The molecule has 0 bridgehead atoms. The molecule has 0 fully saturated rings. The van der Waals surface area contributed by atoms with Gasteiger partial charge in [0.05, 0.1) is 6.54 Å². The van der Waals surface area contributed by atoms with Crippen molar-refractivity contribution in [2.45, 2.75) is 19.5 Å². The number of aromatic nitrogens is 3. The van der Waals surface area contributed by atoms with E-state index in [1.807, 2.05) is 84.1 Å². The summed E-state index contributed by atoms with van der Waals surface area (Å²) in [6, 6.07) is 19.4. The van der Waals surface area contributed by atoms with Crippen LogP contribution in [-0.2, 0) is 11.3 Å². The second-order valence-corrected chi connectivity index (χ2v) is 6.14. The van der Waals surface area contributed by atoms with Crippen LogP contribution in [-0.4, -0.2) is 39.2 Å². The Labute approximate surface area is 153 Å². The third-order valence-electron chi connectivity index (χ3n) is 4.35. The second kappa shape index (κ2) is 8.40. The van der Waals surface area contributed by atoms with Gasteiger partial charge in [-0.3, -0.25) is 19.6 Å². The molecule has 2 aromatic carbocycles. The van der Waals surface area contributed by atoms with Crippen molar-refractivity contribution in [3.63, 3.8) is 0 Å². The summed E-state index contributed by atoms with van der Waals surface area (Å²) in [4.78, 5) is 15.0. The Morgan fingerprint density at radius 3 is 2.42 bits per heavy atom. The standard InChI is InChI=1S/C20H23N5O/c1-3-24(2)18(17-12-8-5-9-13-17)19(26)22-20-23-21-15-25(20)14-16-10-6-4-7-11-16/h4-13,15,18H,3,14H2,1-2H3,(H,22,23,26)/t18-/m0/s1. The van der Waals surface area contributed by atoms with Crippen molar-refractivity contribution < 1.29 is 4.79 Å².